The van der Waals surface area contributed by atoms with Crippen LogP contribution >= 0.6 is 11.3 Å². The average Bonchev–Trinajstić information content (AvgIpc) is 3.28. The molecule has 2 aromatic heterocycles. The van der Waals surface area contributed by atoms with Gasteiger partial charge < -0.3 is 14.5 Å². The molecule has 1 saturated heterocycles. The van der Waals surface area contributed by atoms with Gasteiger partial charge in [-0.25, -0.2) is 9.97 Å². The van der Waals surface area contributed by atoms with E-state index in [9.17, 15) is 4.79 Å². The van der Waals surface area contributed by atoms with Crippen LogP contribution < -0.4 is 9.64 Å². The van der Waals surface area contributed by atoms with E-state index in [0.717, 1.165) is 40.8 Å². The predicted octanol–water partition coefficient (Wildman–Crippen LogP) is 3.18. The largest absolute Gasteiger partial charge is 0.497 e. The summed E-state index contributed by atoms with van der Waals surface area (Å²) in [5, 5.41) is 1.94. The van der Waals surface area contributed by atoms with E-state index >= 15 is 0 Å². The molecule has 0 unspecified atom stereocenters. The van der Waals surface area contributed by atoms with Gasteiger partial charge in [0.25, 0.3) is 5.91 Å². The van der Waals surface area contributed by atoms with E-state index in [4.69, 9.17) is 4.74 Å². The quantitative estimate of drug-likeness (QED) is 0.696. The summed E-state index contributed by atoms with van der Waals surface area (Å²) in [5.74, 6) is 1.82. The van der Waals surface area contributed by atoms with Gasteiger partial charge in [-0.05, 0) is 35.7 Å². The number of rotatable bonds is 4. The van der Waals surface area contributed by atoms with Crippen molar-refractivity contribution in [1.29, 1.82) is 0 Å². The van der Waals surface area contributed by atoms with Gasteiger partial charge in [-0.1, -0.05) is 6.07 Å². The second kappa shape index (κ2) is 7.75. The zero-order chi connectivity index (χ0) is 18.6. The highest BCUT2D eigenvalue weighted by Gasteiger charge is 2.23. The number of nitrogens with zero attached hydrogens (tertiary/aromatic N) is 4. The molecule has 0 saturated carbocycles. The van der Waals surface area contributed by atoms with Crippen molar-refractivity contribution in [2.24, 2.45) is 0 Å². The summed E-state index contributed by atoms with van der Waals surface area (Å²) in [7, 11) is 1.65. The summed E-state index contributed by atoms with van der Waals surface area (Å²) in [4.78, 5) is 26.2. The number of piperazine rings is 1. The molecule has 1 aromatic carbocycles. The molecule has 1 fully saturated rings. The number of amides is 1. The fourth-order valence-electron chi connectivity index (χ4n) is 3.13. The van der Waals surface area contributed by atoms with Crippen molar-refractivity contribution in [3.05, 3.63) is 59.0 Å². The summed E-state index contributed by atoms with van der Waals surface area (Å²) in [6.07, 6.45) is 1.60. The van der Waals surface area contributed by atoms with Crippen LogP contribution in [-0.2, 0) is 0 Å². The summed E-state index contributed by atoms with van der Waals surface area (Å²) in [5.41, 5.74) is 1.89. The van der Waals surface area contributed by atoms with E-state index in [1.54, 1.807) is 13.4 Å². The molecule has 7 heteroatoms. The van der Waals surface area contributed by atoms with E-state index < -0.39 is 0 Å². The molecule has 6 nitrogen and oxygen atoms in total. The minimum Gasteiger partial charge on any atom is -0.497 e. The molecule has 3 aromatic rings. The molecule has 27 heavy (non-hydrogen) atoms. The molecule has 0 aliphatic carbocycles. The number of thiophene rings is 1. The summed E-state index contributed by atoms with van der Waals surface area (Å²) >= 11 is 1.49. The number of benzene rings is 1. The number of ether oxygens (including phenoxy) is 1. The molecule has 3 heterocycles. The van der Waals surface area contributed by atoms with Crippen LogP contribution in [0.1, 0.15) is 9.67 Å². The highest BCUT2D eigenvalue weighted by molar-refractivity contribution is 7.12. The maximum atomic E-state index is 12.5. The molecule has 4 rings (SSSR count). The van der Waals surface area contributed by atoms with Gasteiger partial charge in [-0.2, -0.15) is 0 Å². The third-order valence-electron chi connectivity index (χ3n) is 4.66. The van der Waals surface area contributed by atoms with Gasteiger partial charge in [-0.15, -0.1) is 11.3 Å². The Labute approximate surface area is 162 Å². The number of methoxy groups -OCH3 is 1. The maximum absolute atomic E-state index is 12.5. The van der Waals surface area contributed by atoms with Crippen LogP contribution in [0.4, 0.5) is 5.82 Å². The Bertz CT molecular complexity index is 904. The molecular weight excluding hydrogens is 360 g/mol. The number of carbonyl (C=O) groups excluding carboxylic acids is 1. The number of anilines is 1. The highest BCUT2D eigenvalue weighted by atomic mass is 32.1. The predicted molar refractivity (Wildman–Crippen MR) is 106 cm³/mol. The van der Waals surface area contributed by atoms with Gasteiger partial charge in [0.05, 0.1) is 17.7 Å². The van der Waals surface area contributed by atoms with Gasteiger partial charge in [-0.3, -0.25) is 4.79 Å². The zero-order valence-electron chi connectivity index (χ0n) is 15.0. The third-order valence-corrected chi connectivity index (χ3v) is 5.52. The van der Waals surface area contributed by atoms with E-state index in [2.05, 4.69) is 14.9 Å². The fourth-order valence-corrected chi connectivity index (χ4v) is 3.83. The minimum absolute atomic E-state index is 0.117. The Morgan fingerprint density at radius 2 is 1.85 bits per heavy atom. The lowest BCUT2D eigenvalue weighted by atomic mass is 10.1. The van der Waals surface area contributed by atoms with Crippen LogP contribution in [0.5, 0.6) is 5.75 Å². The maximum Gasteiger partial charge on any atom is 0.264 e. The van der Waals surface area contributed by atoms with Crippen molar-refractivity contribution in [3.63, 3.8) is 0 Å². The van der Waals surface area contributed by atoms with Crippen molar-refractivity contribution in [1.82, 2.24) is 14.9 Å². The fraction of sp³-hybridized carbons (Fsp3) is 0.250. The van der Waals surface area contributed by atoms with Crippen molar-refractivity contribution >= 4 is 23.1 Å². The molecule has 0 atom stereocenters. The van der Waals surface area contributed by atoms with Crippen molar-refractivity contribution in [2.75, 3.05) is 38.2 Å². The summed E-state index contributed by atoms with van der Waals surface area (Å²) < 4.78 is 5.21. The molecule has 1 aliphatic rings. The normalized spacial score (nSPS) is 14.3. The third kappa shape index (κ3) is 3.78. The van der Waals surface area contributed by atoms with Crippen LogP contribution in [0.2, 0.25) is 0 Å². The zero-order valence-corrected chi connectivity index (χ0v) is 15.9. The molecule has 0 radical (unpaired) electrons. The summed E-state index contributed by atoms with van der Waals surface area (Å²) in [6, 6.07) is 13.6. The SMILES string of the molecule is COc1ccc(-c2cc(N3CCN(C(=O)c4cccs4)CC3)ncn2)cc1. The van der Waals surface area contributed by atoms with Crippen molar-refractivity contribution < 1.29 is 9.53 Å². The van der Waals surface area contributed by atoms with Crippen molar-refractivity contribution in [2.45, 2.75) is 0 Å². The van der Waals surface area contributed by atoms with Crippen molar-refractivity contribution in [3.8, 4) is 17.0 Å². The summed E-state index contributed by atoms with van der Waals surface area (Å²) in [6.45, 7) is 2.91. The van der Waals surface area contributed by atoms with E-state index in [0.29, 0.717) is 13.1 Å². The second-order valence-corrected chi connectivity index (χ2v) is 7.19. The Morgan fingerprint density at radius 1 is 1.07 bits per heavy atom. The second-order valence-electron chi connectivity index (χ2n) is 6.25. The van der Waals surface area contributed by atoms with Gasteiger partial charge in [0.2, 0.25) is 0 Å². The Kier molecular flexibility index (Phi) is 5.02. The first-order chi connectivity index (χ1) is 13.2. The first kappa shape index (κ1) is 17.5. The van der Waals surface area contributed by atoms with Crippen LogP contribution in [0.25, 0.3) is 11.3 Å². The lowest BCUT2D eigenvalue weighted by molar-refractivity contribution is 0.0751. The van der Waals surface area contributed by atoms with E-state index in [1.807, 2.05) is 52.7 Å². The van der Waals surface area contributed by atoms with Crippen LogP contribution in [0.15, 0.2) is 54.2 Å². The standard InChI is InChI=1S/C20H20N4O2S/c1-26-16-6-4-15(5-7-16)17-13-19(22-14-21-17)23-8-10-24(11-9-23)20(25)18-3-2-12-27-18/h2-7,12-14H,8-11H2,1H3. The van der Waals surface area contributed by atoms with Crippen LogP contribution in [-0.4, -0.2) is 54.1 Å². The Hall–Kier alpha value is -2.93. The number of hydrogen-bond donors (Lipinski definition) is 0. The monoisotopic (exact) mass is 380 g/mol. The van der Waals surface area contributed by atoms with E-state index in [-0.39, 0.29) is 5.91 Å². The minimum atomic E-state index is 0.117. The number of aromatic nitrogens is 2. The first-order valence-corrected chi connectivity index (χ1v) is 9.67. The Morgan fingerprint density at radius 3 is 2.52 bits per heavy atom. The molecule has 1 aliphatic heterocycles. The first-order valence-electron chi connectivity index (χ1n) is 8.79. The molecule has 138 valence electrons. The van der Waals surface area contributed by atoms with Gasteiger partial charge >= 0.3 is 0 Å². The van der Waals surface area contributed by atoms with Gasteiger partial charge in [0.15, 0.2) is 0 Å². The van der Waals surface area contributed by atoms with Crippen LogP contribution in [0, 0.1) is 0 Å². The topological polar surface area (TPSA) is 58.6 Å². The molecule has 0 bridgehead atoms. The van der Waals surface area contributed by atoms with E-state index in [1.165, 1.54) is 11.3 Å². The molecule has 0 spiro atoms. The lowest BCUT2D eigenvalue weighted by Crippen LogP contribution is -2.48. The highest BCUT2D eigenvalue weighted by Crippen LogP contribution is 2.24. The molecular formula is C20H20N4O2S. The number of hydrogen-bond acceptors (Lipinski definition) is 6. The molecule has 0 N–H and O–H groups in total. The lowest BCUT2D eigenvalue weighted by Gasteiger charge is -2.35. The molecule has 1 amide bonds. The smallest absolute Gasteiger partial charge is 0.264 e. The van der Waals surface area contributed by atoms with Crippen LogP contribution in [0.3, 0.4) is 0 Å². The Balaban J connectivity index is 1.44. The average molecular weight is 380 g/mol. The van der Waals surface area contributed by atoms with Gasteiger partial charge in [0.1, 0.15) is 17.9 Å². The van der Waals surface area contributed by atoms with Gasteiger partial charge in [0, 0.05) is 37.8 Å². The number of carbonyl (C=O) groups is 1.